The molecule has 1 heterocycles. The molecular weight excluding hydrogens is 319 g/mol. The number of carbonyl (C=O) groups excluding carboxylic acids is 1. The Morgan fingerprint density at radius 3 is 2.62 bits per heavy atom. The Morgan fingerprint density at radius 2 is 2.12 bits per heavy atom. The molecule has 1 rings (SSSR count). The number of ether oxygens (including phenoxy) is 1. The molecule has 0 aromatic carbocycles. The van der Waals surface area contributed by atoms with Gasteiger partial charge in [-0.1, -0.05) is 0 Å². The molecule has 0 bridgehead atoms. The maximum atomic E-state index is 11.5. The van der Waals surface area contributed by atoms with E-state index in [1.54, 1.807) is 6.20 Å². The number of carbonyl (C=O) groups is 1. The summed E-state index contributed by atoms with van der Waals surface area (Å²) in [5, 5.41) is 2.61. The summed E-state index contributed by atoms with van der Waals surface area (Å²) in [4.78, 5) is 15.6. The lowest BCUT2D eigenvalue weighted by Gasteiger charge is -2.19. The van der Waals surface area contributed by atoms with Crippen molar-refractivity contribution in [1.29, 1.82) is 0 Å². The first kappa shape index (κ1) is 13.2. The zero-order valence-electron chi connectivity index (χ0n) is 9.80. The number of rotatable bonds is 1. The minimum absolute atomic E-state index is 0.484. The molecule has 1 aromatic heterocycles. The van der Waals surface area contributed by atoms with Crippen molar-refractivity contribution in [3.63, 3.8) is 0 Å². The third-order valence-corrected chi connectivity index (χ3v) is 2.42. The normalized spacial score (nSPS) is 11.1. The fourth-order valence-corrected chi connectivity index (χ4v) is 1.79. The van der Waals surface area contributed by atoms with E-state index >= 15 is 0 Å². The van der Waals surface area contributed by atoms with Gasteiger partial charge in [0.15, 0.2) is 0 Å². The highest BCUT2D eigenvalue weighted by Gasteiger charge is 2.17. The van der Waals surface area contributed by atoms with Crippen LogP contribution in [-0.2, 0) is 4.74 Å². The highest BCUT2D eigenvalue weighted by molar-refractivity contribution is 14.1. The Labute approximate surface area is 109 Å². The van der Waals surface area contributed by atoms with E-state index in [-0.39, 0.29) is 0 Å². The molecule has 1 N–H and O–H groups in total. The van der Waals surface area contributed by atoms with Crippen LogP contribution < -0.4 is 5.32 Å². The van der Waals surface area contributed by atoms with Crippen LogP contribution in [-0.4, -0.2) is 16.7 Å². The van der Waals surface area contributed by atoms with Crippen molar-refractivity contribution < 1.29 is 9.53 Å². The van der Waals surface area contributed by atoms with Gasteiger partial charge in [0.25, 0.3) is 0 Å². The van der Waals surface area contributed by atoms with E-state index in [1.807, 2.05) is 33.8 Å². The molecule has 4 nitrogen and oxygen atoms in total. The van der Waals surface area contributed by atoms with Gasteiger partial charge in [-0.15, -0.1) is 0 Å². The Morgan fingerprint density at radius 1 is 1.50 bits per heavy atom. The number of aryl methyl sites for hydroxylation is 1. The Hall–Kier alpha value is -0.850. The van der Waals surface area contributed by atoms with Crippen LogP contribution in [0.4, 0.5) is 10.6 Å². The molecule has 1 amide bonds. The van der Waals surface area contributed by atoms with Gasteiger partial charge < -0.3 is 4.74 Å². The van der Waals surface area contributed by atoms with Gasteiger partial charge in [0, 0.05) is 6.20 Å². The summed E-state index contributed by atoms with van der Waals surface area (Å²) in [5.41, 5.74) is 0.555. The molecule has 0 radical (unpaired) electrons. The largest absolute Gasteiger partial charge is 0.444 e. The van der Waals surface area contributed by atoms with Gasteiger partial charge in [-0.25, -0.2) is 9.78 Å². The van der Waals surface area contributed by atoms with Gasteiger partial charge in [0.1, 0.15) is 11.4 Å². The van der Waals surface area contributed by atoms with Crippen LogP contribution in [0.1, 0.15) is 26.3 Å². The molecule has 0 fully saturated rings. The molecule has 0 saturated carbocycles. The number of aromatic nitrogens is 1. The molecular formula is C11H15IN2O2. The summed E-state index contributed by atoms with van der Waals surface area (Å²) in [6.07, 6.45) is 1.22. The number of anilines is 1. The van der Waals surface area contributed by atoms with Crippen molar-refractivity contribution in [2.24, 2.45) is 0 Å². The standard InChI is InChI=1S/C11H15IN2O2/c1-7-5-8(12)9(13-6-7)14-10(15)16-11(2,3)4/h5-6H,1-4H3,(H,13,14,15). The van der Waals surface area contributed by atoms with Crippen LogP contribution in [0.25, 0.3) is 0 Å². The lowest BCUT2D eigenvalue weighted by atomic mass is 10.2. The van der Waals surface area contributed by atoms with Gasteiger partial charge in [-0.3, -0.25) is 5.32 Å². The van der Waals surface area contributed by atoms with E-state index in [9.17, 15) is 4.79 Å². The van der Waals surface area contributed by atoms with Crippen molar-refractivity contribution in [2.45, 2.75) is 33.3 Å². The Kier molecular flexibility index (Phi) is 4.12. The molecule has 0 unspecified atom stereocenters. The van der Waals surface area contributed by atoms with E-state index in [2.05, 4.69) is 32.9 Å². The van der Waals surface area contributed by atoms with Crippen LogP contribution >= 0.6 is 22.6 Å². The van der Waals surface area contributed by atoms with E-state index < -0.39 is 11.7 Å². The fourth-order valence-electron chi connectivity index (χ4n) is 1.03. The summed E-state index contributed by atoms with van der Waals surface area (Å²) < 4.78 is 6.03. The third kappa shape index (κ3) is 4.34. The van der Waals surface area contributed by atoms with Gasteiger partial charge in [-0.05, 0) is 61.9 Å². The minimum atomic E-state index is -0.500. The van der Waals surface area contributed by atoms with Gasteiger partial charge >= 0.3 is 6.09 Å². The SMILES string of the molecule is Cc1cnc(NC(=O)OC(C)(C)C)c(I)c1. The first-order valence-electron chi connectivity index (χ1n) is 4.90. The van der Waals surface area contributed by atoms with Crippen LogP contribution in [0.15, 0.2) is 12.3 Å². The fraction of sp³-hybridized carbons (Fsp3) is 0.455. The lowest BCUT2D eigenvalue weighted by Crippen LogP contribution is -2.27. The molecule has 0 aliphatic rings. The highest BCUT2D eigenvalue weighted by atomic mass is 127. The Bertz CT molecular complexity index is 399. The van der Waals surface area contributed by atoms with Gasteiger partial charge in [0.2, 0.25) is 0 Å². The molecule has 0 aliphatic carbocycles. The molecule has 88 valence electrons. The number of halogens is 1. The molecule has 0 atom stereocenters. The topological polar surface area (TPSA) is 51.2 Å². The smallest absolute Gasteiger partial charge is 0.413 e. The van der Waals surface area contributed by atoms with E-state index in [4.69, 9.17) is 4.74 Å². The first-order chi connectivity index (χ1) is 7.28. The molecule has 0 spiro atoms. The summed E-state index contributed by atoms with van der Waals surface area (Å²) >= 11 is 2.12. The number of hydrogen-bond acceptors (Lipinski definition) is 3. The van der Waals surface area contributed by atoms with Gasteiger partial charge in [-0.2, -0.15) is 0 Å². The van der Waals surface area contributed by atoms with Gasteiger partial charge in [0.05, 0.1) is 3.57 Å². The molecule has 0 aliphatic heterocycles. The van der Waals surface area contributed by atoms with Crippen LogP contribution in [0.2, 0.25) is 0 Å². The van der Waals surface area contributed by atoms with Crippen molar-refractivity contribution in [2.75, 3.05) is 5.32 Å². The third-order valence-electron chi connectivity index (χ3n) is 1.60. The highest BCUT2D eigenvalue weighted by Crippen LogP contribution is 2.17. The second kappa shape index (κ2) is 4.99. The van der Waals surface area contributed by atoms with Crippen molar-refractivity contribution >= 4 is 34.5 Å². The van der Waals surface area contributed by atoms with Crippen LogP contribution in [0.5, 0.6) is 0 Å². The molecule has 16 heavy (non-hydrogen) atoms. The maximum Gasteiger partial charge on any atom is 0.413 e. The van der Waals surface area contributed by atoms with Crippen molar-refractivity contribution in [3.05, 3.63) is 21.4 Å². The van der Waals surface area contributed by atoms with Crippen molar-refractivity contribution in [1.82, 2.24) is 4.98 Å². The van der Waals surface area contributed by atoms with Crippen LogP contribution in [0.3, 0.4) is 0 Å². The predicted molar refractivity (Wildman–Crippen MR) is 71.5 cm³/mol. The molecule has 1 aromatic rings. The van der Waals surface area contributed by atoms with Crippen molar-refractivity contribution in [3.8, 4) is 0 Å². The average Bonchev–Trinajstić information content (AvgIpc) is 2.06. The van der Waals surface area contributed by atoms with E-state index in [1.165, 1.54) is 0 Å². The second-order valence-corrected chi connectivity index (χ2v) is 5.63. The number of amides is 1. The Balaban J connectivity index is 2.70. The number of pyridine rings is 1. The van der Waals surface area contributed by atoms with E-state index in [0.29, 0.717) is 5.82 Å². The zero-order valence-corrected chi connectivity index (χ0v) is 12.0. The number of nitrogens with one attached hydrogen (secondary N) is 1. The quantitative estimate of drug-likeness (QED) is 0.802. The number of nitrogens with zero attached hydrogens (tertiary/aromatic N) is 1. The van der Waals surface area contributed by atoms with Crippen LogP contribution in [0, 0.1) is 10.5 Å². The summed E-state index contributed by atoms with van der Waals surface area (Å²) in [6.45, 7) is 7.41. The lowest BCUT2D eigenvalue weighted by molar-refractivity contribution is 0.0635. The maximum absolute atomic E-state index is 11.5. The molecule has 5 heteroatoms. The summed E-state index contributed by atoms with van der Waals surface area (Å²) in [6, 6.07) is 1.94. The average molecular weight is 334 g/mol. The monoisotopic (exact) mass is 334 g/mol. The summed E-state index contributed by atoms with van der Waals surface area (Å²) in [5.74, 6) is 0.528. The second-order valence-electron chi connectivity index (χ2n) is 4.47. The zero-order chi connectivity index (χ0) is 12.3. The van der Waals surface area contributed by atoms with E-state index in [0.717, 1.165) is 9.13 Å². The number of hydrogen-bond donors (Lipinski definition) is 1. The minimum Gasteiger partial charge on any atom is -0.444 e. The summed E-state index contributed by atoms with van der Waals surface area (Å²) in [7, 11) is 0. The predicted octanol–water partition coefficient (Wildman–Crippen LogP) is 3.34. The first-order valence-corrected chi connectivity index (χ1v) is 5.98. The molecule has 0 saturated heterocycles.